The van der Waals surface area contributed by atoms with E-state index >= 15 is 4.39 Å². The highest BCUT2D eigenvalue weighted by Crippen LogP contribution is 2.46. The summed E-state index contributed by atoms with van der Waals surface area (Å²) in [5.74, 6) is -2.80. The minimum Gasteiger partial charge on any atom is -0.472 e. The van der Waals surface area contributed by atoms with Gasteiger partial charge in [0.2, 0.25) is 12.3 Å². The van der Waals surface area contributed by atoms with Gasteiger partial charge in [0, 0.05) is 43.1 Å². The number of anilines is 2. The molecular formula is C32H36F5N7O2. The van der Waals surface area contributed by atoms with Crippen LogP contribution in [0.3, 0.4) is 0 Å². The van der Waals surface area contributed by atoms with Crippen molar-refractivity contribution in [2.75, 3.05) is 36.9 Å². The second-order valence-corrected chi connectivity index (χ2v) is 13.6. The number of rotatable bonds is 6. The molecule has 2 bridgehead atoms. The number of hydrogen-bond donors (Lipinski definition) is 2. The Hall–Kier alpha value is -3.52. The highest BCUT2D eigenvalue weighted by molar-refractivity contribution is 5.97. The molecule has 0 spiro atoms. The maximum absolute atomic E-state index is 16.9. The first kappa shape index (κ1) is 29.9. The van der Waals surface area contributed by atoms with Gasteiger partial charge in [-0.2, -0.15) is 9.97 Å². The third kappa shape index (κ3) is 4.57. The number of benzene rings is 1. The minimum atomic E-state index is -2.86. The molecule has 2 aromatic heterocycles. The van der Waals surface area contributed by atoms with Gasteiger partial charge in [-0.3, -0.25) is 4.90 Å². The van der Waals surface area contributed by atoms with Crippen LogP contribution in [0.15, 0.2) is 12.1 Å². The second-order valence-electron chi connectivity index (χ2n) is 13.6. The molecule has 1 aromatic carbocycles. The molecule has 5 aliphatic rings. The molecule has 9 nitrogen and oxygen atoms in total. The van der Waals surface area contributed by atoms with Gasteiger partial charge in [-0.15, -0.1) is 0 Å². The minimum absolute atomic E-state index is 0.0425. The van der Waals surface area contributed by atoms with Crippen molar-refractivity contribution < 1.29 is 31.4 Å². The van der Waals surface area contributed by atoms with Gasteiger partial charge in [0.05, 0.1) is 17.3 Å². The molecule has 0 saturated carbocycles. The van der Waals surface area contributed by atoms with E-state index in [1.165, 1.54) is 6.92 Å². The van der Waals surface area contributed by atoms with Gasteiger partial charge < -0.3 is 25.4 Å². The molecule has 0 unspecified atom stereocenters. The first-order chi connectivity index (χ1) is 22.0. The van der Waals surface area contributed by atoms with Crippen molar-refractivity contribution >= 4 is 22.4 Å². The molecule has 7 atom stereocenters. The summed E-state index contributed by atoms with van der Waals surface area (Å²) < 4.78 is 86.6. The molecular weight excluding hydrogens is 609 g/mol. The third-order valence-electron chi connectivity index (χ3n) is 10.8. The van der Waals surface area contributed by atoms with Gasteiger partial charge in [0.25, 0.3) is 0 Å². The molecule has 246 valence electrons. The first-order valence-electron chi connectivity index (χ1n) is 16.0. The van der Waals surface area contributed by atoms with Crippen LogP contribution < -0.4 is 25.4 Å². The fourth-order valence-corrected chi connectivity index (χ4v) is 8.50. The number of nitrogens with two attached hydrogens (primary N) is 1. The Morgan fingerprint density at radius 1 is 1.17 bits per heavy atom. The number of halogens is 5. The van der Waals surface area contributed by atoms with E-state index in [0.29, 0.717) is 25.3 Å². The predicted molar refractivity (Wildman–Crippen MR) is 161 cm³/mol. The number of nitrogens with zero attached hydrogens (tertiary/aromatic N) is 5. The summed E-state index contributed by atoms with van der Waals surface area (Å²) in [4.78, 5) is 18.1. The molecule has 5 aliphatic heterocycles. The van der Waals surface area contributed by atoms with Gasteiger partial charge >= 0.3 is 6.01 Å². The Morgan fingerprint density at radius 3 is 2.80 bits per heavy atom. The molecule has 8 rings (SSSR count). The molecule has 14 heteroatoms. The number of ether oxygens (including phenoxy) is 2. The summed E-state index contributed by atoms with van der Waals surface area (Å²) in [6.45, 7) is 5.00. The monoisotopic (exact) mass is 645 g/mol. The maximum atomic E-state index is 16.9. The second kappa shape index (κ2) is 10.8. The number of fused-ring (bicyclic) bond motifs is 6. The number of alkyl halides is 3. The number of hydrogen-bond acceptors (Lipinski definition) is 9. The lowest BCUT2D eigenvalue weighted by Crippen LogP contribution is -2.62. The summed E-state index contributed by atoms with van der Waals surface area (Å²) >= 11 is 0. The number of aromatic nitrogens is 3. The molecule has 0 amide bonds. The number of piperazine rings is 1. The standard InChI is InChI=1S/C32H36F5N7O2/c1-14(28(36)37)18-8-20(34)21(38)9-19(18)25-24(35)26-23-29(42-31(41-26)45-13-32-6-3-7-43(32)11-16(33)10-32)44-12-17-4-5-22(39-17)27(44)15(2)46-30(23)40-25/h8-9,14-17,22,27-28,39H,3-7,10-13,38H2,1-2H3/t14-,15+,16-,17-,22+,27-,32+/m1/s1. The lowest BCUT2D eigenvalue weighted by Gasteiger charge is -2.42. The van der Waals surface area contributed by atoms with Crippen LogP contribution in [0.2, 0.25) is 0 Å². The molecule has 7 heterocycles. The molecule has 0 aliphatic carbocycles. The van der Waals surface area contributed by atoms with Crippen molar-refractivity contribution in [3.63, 3.8) is 0 Å². The molecule has 46 heavy (non-hydrogen) atoms. The lowest BCUT2D eigenvalue weighted by molar-refractivity contribution is 0.107. The Bertz CT molecular complexity index is 1710. The van der Waals surface area contributed by atoms with Crippen LogP contribution in [0.1, 0.15) is 57.4 Å². The van der Waals surface area contributed by atoms with E-state index < -0.39 is 41.8 Å². The summed E-state index contributed by atoms with van der Waals surface area (Å²) in [5, 5.41) is 3.89. The number of nitrogen functional groups attached to an aromatic ring is 1. The van der Waals surface area contributed by atoms with Crippen LogP contribution in [0.25, 0.3) is 22.2 Å². The quantitative estimate of drug-likeness (QED) is 0.285. The summed E-state index contributed by atoms with van der Waals surface area (Å²) in [6.07, 6.45) is -0.306. The van der Waals surface area contributed by atoms with Crippen molar-refractivity contribution in [1.29, 1.82) is 0 Å². The molecule has 4 saturated heterocycles. The van der Waals surface area contributed by atoms with Gasteiger partial charge in [-0.25, -0.2) is 26.9 Å². The predicted octanol–water partition coefficient (Wildman–Crippen LogP) is 4.97. The zero-order valence-corrected chi connectivity index (χ0v) is 25.6. The van der Waals surface area contributed by atoms with Gasteiger partial charge in [-0.05, 0) is 56.8 Å². The van der Waals surface area contributed by atoms with Crippen LogP contribution in [0, 0.1) is 11.6 Å². The molecule has 0 radical (unpaired) electrons. The van der Waals surface area contributed by atoms with E-state index in [-0.39, 0.29) is 70.0 Å². The fourth-order valence-electron chi connectivity index (χ4n) is 8.50. The van der Waals surface area contributed by atoms with Gasteiger partial charge in [0.1, 0.15) is 47.1 Å². The molecule has 4 fully saturated rings. The fraction of sp³-hybridized carbons (Fsp3) is 0.594. The van der Waals surface area contributed by atoms with E-state index in [0.717, 1.165) is 44.4 Å². The molecule has 3 N–H and O–H groups in total. The van der Waals surface area contributed by atoms with Crippen LogP contribution in [0.5, 0.6) is 11.9 Å². The SMILES string of the molecule is C[C@H](c1cc(F)c(N)cc1-c1nc2c3c(nc(OC[C@@]45CCCN4C[C@H](F)C5)nc3c1F)N1C[C@H]3CC[C@H](N3)[C@H]1[C@H](C)O2)C(F)F. The summed E-state index contributed by atoms with van der Waals surface area (Å²) in [7, 11) is 0. The Balaban J connectivity index is 1.31. The first-order valence-corrected chi connectivity index (χ1v) is 16.0. The highest BCUT2D eigenvalue weighted by Gasteiger charge is 2.50. The number of pyridine rings is 1. The Morgan fingerprint density at radius 2 is 2.00 bits per heavy atom. The molecule has 3 aromatic rings. The highest BCUT2D eigenvalue weighted by atomic mass is 19.3. The average Bonchev–Trinajstić information content (AvgIpc) is 3.66. The van der Waals surface area contributed by atoms with Crippen molar-refractivity contribution in [2.45, 2.75) is 94.2 Å². The third-order valence-corrected chi connectivity index (χ3v) is 10.8. The van der Waals surface area contributed by atoms with E-state index in [1.54, 1.807) is 0 Å². The van der Waals surface area contributed by atoms with E-state index in [9.17, 15) is 17.6 Å². The number of nitrogens with one attached hydrogen (secondary N) is 1. The van der Waals surface area contributed by atoms with Gasteiger partial charge in [-0.1, -0.05) is 6.92 Å². The topological polar surface area (TPSA) is 102 Å². The van der Waals surface area contributed by atoms with Crippen LogP contribution in [0.4, 0.5) is 33.5 Å². The van der Waals surface area contributed by atoms with E-state index in [2.05, 4.69) is 25.1 Å². The Labute approximate surface area is 262 Å². The largest absolute Gasteiger partial charge is 0.472 e. The zero-order chi connectivity index (χ0) is 32.1. The van der Waals surface area contributed by atoms with Crippen molar-refractivity contribution in [3.8, 4) is 23.1 Å². The van der Waals surface area contributed by atoms with Crippen LogP contribution in [-0.2, 0) is 0 Å². The van der Waals surface area contributed by atoms with E-state index in [4.69, 9.17) is 20.2 Å². The average molecular weight is 646 g/mol. The lowest BCUT2D eigenvalue weighted by atomic mass is 9.92. The summed E-state index contributed by atoms with van der Waals surface area (Å²) in [5.41, 5.74) is 4.33. The Kier molecular flexibility index (Phi) is 6.98. The zero-order valence-electron chi connectivity index (χ0n) is 25.6. The van der Waals surface area contributed by atoms with Gasteiger partial charge in [0.15, 0.2) is 5.82 Å². The maximum Gasteiger partial charge on any atom is 0.319 e. The van der Waals surface area contributed by atoms with Crippen LogP contribution in [-0.4, -0.2) is 88.5 Å². The van der Waals surface area contributed by atoms with Crippen molar-refractivity contribution in [1.82, 2.24) is 25.2 Å². The van der Waals surface area contributed by atoms with E-state index in [1.807, 2.05) is 6.92 Å². The van der Waals surface area contributed by atoms with Crippen molar-refractivity contribution in [2.24, 2.45) is 0 Å². The smallest absolute Gasteiger partial charge is 0.319 e. The van der Waals surface area contributed by atoms with Crippen LogP contribution >= 0.6 is 0 Å². The normalized spacial score (nSPS) is 30.8. The summed E-state index contributed by atoms with van der Waals surface area (Å²) in [6, 6.07) is 2.07. The van der Waals surface area contributed by atoms with Crippen molar-refractivity contribution in [3.05, 3.63) is 29.3 Å².